The van der Waals surface area contributed by atoms with E-state index in [1.807, 2.05) is 0 Å². The van der Waals surface area contributed by atoms with E-state index < -0.39 is 0 Å². The third kappa shape index (κ3) is 2.29. The second-order valence-corrected chi connectivity index (χ2v) is 5.28. The van der Waals surface area contributed by atoms with Gasteiger partial charge in [-0.05, 0) is 51.1 Å². The largest absolute Gasteiger partial charge is 0.316 e. The molecule has 0 spiro atoms. The second kappa shape index (κ2) is 4.19. The molecule has 0 bridgehead atoms. The fourth-order valence-electron chi connectivity index (χ4n) is 2.75. The third-order valence-corrected chi connectivity index (χ3v) is 4.07. The summed E-state index contributed by atoms with van der Waals surface area (Å²) in [5.74, 6) is 0. The van der Waals surface area contributed by atoms with Gasteiger partial charge in [0.05, 0.1) is 0 Å². The molecule has 82 valence electrons. The van der Waals surface area contributed by atoms with Gasteiger partial charge in [-0.15, -0.1) is 0 Å². The lowest BCUT2D eigenvalue weighted by molar-refractivity contribution is 0.124. The zero-order chi connectivity index (χ0) is 10.0. The van der Waals surface area contributed by atoms with E-state index >= 15 is 0 Å². The lowest BCUT2D eigenvalue weighted by atomic mass is 9.78. The highest BCUT2D eigenvalue weighted by Gasteiger charge is 2.35. The van der Waals surface area contributed by atoms with Crippen molar-refractivity contribution in [2.24, 2.45) is 5.41 Å². The Kier molecular flexibility index (Phi) is 3.13. The maximum absolute atomic E-state index is 3.56. The minimum absolute atomic E-state index is 0.579. The van der Waals surface area contributed by atoms with Gasteiger partial charge in [-0.1, -0.05) is 6.92 Å². The Balaban J connectivity index is 1.89. The van der Waals surface area contributed by atoms with Crippen LogP contribution in [0.3, 0.4) is 0 Å². The monoisotopic (exact) mass is 196 g/mol. The summed E-state index contributed by atoms with van der Waals surface area (Å²) < 4.78 is 0. The van der Waals surface area contributed by atoms with E-state index in [1.54, 1.807) is 0 Å². The van der Waals surface area contributed by atoms with Crippen molar-refractivity contribution in [2.75, 3.05) is 26.7 Å². The summed E-state index contributed by atoms with van der Waals surface area (Å²) in [4.78, 5) is 2.59. The molecule has 2 nitrogen and oxygen atoms in total. The predicted molar refractivity (Wildman–Crippen MR) is 60.5 cm³/mol. The van der Waals surface area contributed by atoms with Crippen molar-refractivity contribution in [3.8, 4) is 0 Å². The molecule has 1 heterocycles. The molecule has 1 unspecified atom stereocenters. The molecule has 1 N–H and O–H groups in total. The van der Waals surface area contributed by atoms with Crippen LogP contribution in [0.5, 0.6) is 0 Å². The van der Waals surface area contributed by atoms with Crippen molar-refractivity contribution in [3.05, 3.63) is 0 Å². The van der Waals surface area contributed by atoms with Crippen molar-refractivity contribution in [2.45, 2.75) is 45.1 Å². The molecule has 1 saturated heterocycles. The van der Waals surface area contributed by atoms with E-state index in [0.717, 1.165) is 6.04 Å². The number of hydrogen-bond donors (Lipinski definition) is 1. The predicted octanol–water partition coefficient (Wildman–Crippen LogP) is 1.86. The zero-order valence-electron chi connectivity index (χ0n) is 9.68. The lowest BCUT2D eigenvalue weighted by Gasteiger charge is -2.40. The number of nitrogens with one attached hydrogen (secondary N) is 1. The van der Waals surface area contributed by atoms with Crippen LogP contribution in [0.25, 0.3) is 0 Å². The Labute approximate surface area is 88.1 Å². The van der Waals surface area contributed by atoms with Crippen LogP contribution in [-0.2, 0) is 0 Å². The Hall–Kier alpha value is -0.0800. The summed E-state index contributed by atoms with van der Waals surface area (Å²) >= 11 is 0. The Bertz CT molecular complexity index is 181. The molecule has 1 atom stereocenters. The van der Waals surface area contributed by atoms with Crippen LogP contribution in [0.2, 0.25) is 0 Å². The molecule has 14 heavy (non-hydrogen) atoms. The van der Waals surface area contributed by atoms with Crippen molar-refractivity contribution in [1.82, 2.24) is 10.2 Å². The molecular weight excluding hydrogens is 172 g/mol. The van der Waals surface area contributed by atoms with Gasteiger partial charge in [0, 0.05) is 19.1 Å². The molecule has 1 saturated carbocycles. The molecule has 0 aromatic carbocycles. The second-order valence-electron chi connectivity index (χ2n) is 5.28. The maximum Gasteiger partial charge on any atom is 0.00936 e. The van der Waals surface area contributed by atoms with Gasteiger partial charge in [0.25, 0.3) is 0 Å². The summed E-state index contributed by atoms with van der Waals surface area (Å²) in [7, 11) is 2.31. The first-order valence-corrected chi connectivity index (χ1v) is 6.17. The molecule has 1 aliphatic carbocycles. The first kappa shape index (κ1) is 10.4. The van der Waals surface area contributed by atoms with E-state index in [-0.39, 0.29) is 0 Å². The Morgan fingerprint density at radius 2 is 2.21 bits per heavy atom. The van der Waals surface area contributed by atoms with E-state index in [2.05, 4.69) is 24.2 Å². The number of rotatable bonds is 4. The number of nitrogens with zero attached hydrogens (tertiary/aromatic N) is 1. The molecule has 2 rings (SSSR count). The standard InChI is InChI=1S/C12H24N2/c1-3-12(7-4-8-13-9-12)10-14(2)11-5-6-11/h11,13H,3-10H2,1-2H3. The summed E-state index contributed by atoms with van der Waals surface area (Å²) in [6, 6.07) is 0.917. The molecule has 0 aromatic rings. The van der Waals surface area contributed by atoms with Gasteiger partial charge in [-0.2, -0.15) is 0 Å². The van der Waals surface area contributed by atoms with Crippen LogP contribution < -0.4 is 5.32 Å². The minimum atomic E-state index is 0.579. The SMILES string of the molecule is CCC1(CN(C)C2CC2)CCCNC1. The van der Waals surface area contributed by atoms with Crippen LogP contribution >= 0.6 is 0 Å². The zero-order valence-corrected chi connectivity index (χ0v) is 9.68. The van der Waals surface area contributed by atoms with E-state index in [9.17, 15) is 0 Å². The summed E-state index contributed by atoms with van der Waals surface area (Å²) in [6.07, 6.45) is 6.99. The molecular formula is C12H24N2. The van der Waals surface area contributed by atoms with Crippen molar-refractivity contribution >= 4 is 0 Å². The highest BCUT2D eigenvalue weighted by atomic mass is 15.2. The summed E-state index contributed by atoms with van der Waals surface area (Å²) in [5, 5.41) is 3.56. The van der Waals surface area contributed by atoms with Crippen LogP contribution in [0, 0.1) is 5.41 Å². The van der Waals surface area contributed by atoms with Gasteiger partial charge in [0.1, 0.15) is 0 Å². The highest BCUT2D eigenvalue weighted by Crippen LogP contribution is 2.34. The first-order valence-electron chi connectivity index (χ1n) is 6.17. The van der Waals surface area contributed by atoms with E-state index in [1.165, 1.54) is 51.7 Å². The molecule has 0 amide bonds. The molecule has 2 fully saturated rings. The van der Waals surface area contributed by atoms with Gasteiger partial charge in [0.15, 0.2) is 0 Å². The molecule has 0 radical (unpaired) electrons. The van der Waals surface area contributed by atoms with Gasteiger partial charge in [0.2, 0.25) is 0 Å². The Morgan fingerprint density at radius 1 is 1.43 bits per heavy atom. The highest BCUT2D eigenvalue weighted by molar-refractivity contribution is 4.91. The van der Waals surface area contributed by atoms with Crippen molar-refractivity contribution in [3.63, 3.8) is 0 Å². The Morgan fingerprint density at radius 3 is 2.71 bits per heavy atom. The first-order chi connectivity index (χ1) is 6.76. The van der Waals surface area contributed by atoms with Crippen molar-refractivity contribution < 1.29 is 0 Å². The van der Waals surface area contributed by atoms with Crippen molar-refractivity contribution in [1.29, 1.82) is 0 Å². The van der Waals surface area contributed by atoms with Gasteiger partial charge < -0.3 is 10.2 Å². The average Bonchev–Trinajstić information content (AvgIpc) is 3.02. The fraction of sp³-hybridized carbons (Fsp3) is 1.00. The minimum Gasteiger partial charge on any atom is -0.316 e. The normalized spacial score (nSPS) is 33.6. The van der Waals surface area contributed by atoms with Crippen LogP contribution in [0.15, 0.2) is 0 Å². The van der Waals surface area contributed by atoms with E-state index in [4.69, 9.17) is 0 Å². The van der Waals surface area contributed by atoms with Crippen LogP contribution in [0.4, 0.5) is 0 Å². The smallest absolute Gasteiger partial charge is 0.00936 e. The van der Waals surface area contributed by atoms with Gasteiger partial charge in [-0.3, -0.25) is 0 Å². The van der Waals surface area contributed by atoms with Crippen LogP contribution in [-0.4, -0.2) is 37.6 Å². The van der Waals surface area contributed by atoms with Crippen LogP contribution in [0.1, 0.15) is 39.0 Å². The molecule has 2 aliphatic rings. The van der Waals surface area contributed by atoms with E-state index in [0.29, 0.717) is 5.41 Å². The lowest BCUT2D eigenvalue weighted by Crippen LogP contribution is -2.46. The third-order valence-electron chi connectivity index (χ3n) is 4.07. The molecule has 2 heteroatoms. The molecule has 0 aromatic heterocycles. The quantitative estimate of drug-likeness (QED) is 0.738. The molecule has 1 aliphatic heterocycles. The fourth-order valence-corrected chi connectivity index (χ4v) is 2.75. The maximum atomic E-state index is 3.56. The average molecular weight is 196 g/mol. The summed E-state index contributed by atoms with van der Waals surface area (Å²) in [5.41, 5.74) is 0.579. The summed E-state index contributed by atoms with van der Waals surface area (Å²) in [6.45, 7) is 6.13. The number of hydrogen-bond acceptors (Lipinski definition) is 2. The van der Waals surface area contributed by atoms with Gasteiger partial charge in [-0.25, -0.2) is 0 Å². The number of piperidine rings is 1. The van der Waals surface area contributed by atoms with Gasteiger partial charge >= 0.3 is 0 Å². The topological polar surface area (TPSA) is 15.3 Å².